The molecule has 0 aliphatic rings. The molecule has 0 aliphatic heterocycles. The van der Waals surface area contributed by atoms with Gasteiger partial charge in [-0.1, -0.05) is 0 Å². The van der Waals surface area contributed by atoms with Crippen molar-refractivity contribution in [2.75, 3.05) is 31.6 Å². The summed E-state index contributed by atoms with van der Waals surface area (Å²) in [6, 6.07) is 0. The second-order valence-corrected chi connectivity index (χ2v) is 7.53. The van der Waals surface area contributed by atoms with Gasteiger partial charge in [0.15, 0.2) is 0 Å². The number of carbonyl (C=O) groups excluding carboxylic acids is 1. The maximum atomic E-state index is 12.2. The lowest BCUT2D eigenvalue weighted by Crippen LogP contribution is -2.50. The van der Waals surface area contributed by atoms with E-state index < -0.39 is 5.60 Å². The molecule has 0 aromatic carbocycles. The molecule has 5 heteroatoms. The van der Waals surface area contributed by atoms with Gasteiger partial charge in [-0.3, -0.25) is 0 Å². The van der Waals surface area contributed by atoms with E-state index in [0.717, 1.165) is 18.8 Å². The van der Waals surface area contributed by atoms with E-state index in [2.05, 4.69) is 11.6 Å². The molecule has 1 N–H and O–H groups in total. The second-order valence-electron chi connectivity index (χ2n) is 6.55. The van der Waals surface area contributed by atoms with E-state index in [1.54, 1.807) is 4.90 Å². The number of nitrogens with zero attached hydrogens (tertiary/aromatic N) is 1. The predicted molar refractivity (Wildman–Crippen MR) is 83.9 cm³/mol. The lowest BCUT2D eigenvalue weighted by Gasteiger charge is -2.36. The molecule has 0 aromatic heterocycles. The molecular weight excluding hydrogens is 260 g/mol. The van der Waals surface area contributed by atoms with Crippen molar-refractivity contribution >= 4 is 17.9 Å². The summed E-state index contributed by atoms with van der Waals surface area (Å²) in [4.78, 5) is 14.0. The quantitative estimate of drug-likeness (QED) is 0.764. The molecule has 0 atom stereocenters. The van der Waals surface area contributed by atoms with Crippen molar-refractivity contribution in [2.24, 2.45) is 0 Å². The average Bonchev–Trinajstić information content (AvgIpc) is 2.18. The van der Waals surface area contributed by atoms with E-state index >= 15 is 0 Å². The van der Waals surface area contributed by atoms with Crippen LogP contribution in [-0.4, -0.2) is 53.8 Å². The highest BCUT2D eigenvalue weighted by atomic mass is 32.2. The summed E-state index contributed by atoms with van der Waals surface area (Å²) in [6.07, 6.45) is 1.84. The number of carbonyl (C=O) groups is 1. The molecule has 19 heavy (non-hydrogen) atoms. The van der Waals surface area contributed by atoms with E-state index in [4.69, 9.17) is 4.74 Å². The lowest BCUT2D eigenvalue weighted by molar-refractivity contribution is 0.00669. The monoisotopic (exact) mass is 290 g/mol. The fourth-order valence-corrected chi connectivity index (χ4v) is 1.86. The molecule has 0 spiro atoms. The molecule has 0 bridgehead atoms. The van der Waals surface area contributed by atoms with Crippen LogP contribution in [0.3, 0.4) is 0 Å². The zero-order chi connectivity index (χ0) is 15.1. The number of thioether (sulfide) groups is 1. The average molecular weight is 290 g/mol. The molecule has 0 saturated heterocycles. The van der Waals surface area contributed by atoms with Crippen molar-refractivity contribution in [2.45, 2.75) is 52.7 Å². The number of hydrogen-bond acceptors (Lipinski definition) is 4. The van der Waals surface area contributed by atoms with Crippen LogP contribution in [0.4, 0.5) is 4.79 Å². The Kier molecular flexibility index (Phi) is 7.82. The first kappa shape index (κ1) is 18.6. The summed E-state index contributed by atoms with van der Waals surface area (Å²) >= 11 is 1.81. The van der Waals surface area contributed by atoms with Gasteiger partial charge in [0, 0.05) is 30.9 Å². The Labute approximate surface area is 122 Å². The minimum absolute atomic E-state index is 0.233. The maximum absolute atomic E-state index is 12.2. The summed E-state index contributed by atoms with van der Waals surface area (Å²) < 4.78 is 5.46. The first-order chi connectivity index (χ1) is 8.58. The van der Waals surface area contributed by atoms with Crippen molar-refractivity contribution in [3.63, 3.8) is 0 Å². The number of ether oxygens (including phenoxy) is 1. The zero-order valence-electron chi connectivity index (χ0n) is 13.5. The summed E-state index contributed by atoms with van der Waals surface area (Å²) in [5.74, 6) is 1.09. The van der Waals surface area contributed by atoms with Crippen molar-refractivity contribution in [3.8, 4) is 0 Å². The van der Waals surface area contributed by atoms with Crippen LogP contribution in [0.5, 0.6) is 0 Å². The number of nitrogens with one attached hydrogen (secondary N) is 1. The highest BCUT2D eigenvalue weighted by Crippen LogP contribution is 2.17. The molecule has 0 saturated carbocycles. The van der Waals surface area contributed by atoms with Gasteiger partial charge in [-0.15, -0.1) is 0 Å². The molecule has 4 nitrogen and oxygen atoms in total. The Morgan fingerprint density at radius 2 is 1.74 bits per heavy atom. The van der Waals surface area contributed by atoms with Crippen LogP contribution in [0.2, 0.25) is 0 Å². The van der Waals surface area contributed by atoms with Gasteiger partial charge in [0.2, 0.25) is 0 Å². The third-order valence-corrected chi connectivity index (χ3v) is 3.03. The second kappa shape index (κ2) is 8.00. The Balaban J connectivity index is 4.37. The van der Waals surface area contributed by atoms with Crippen LogP contribution in [0.1, 0.15) is 41.5 Å². The Morgan fingerprint density at radius 3 is 2.16 bits per heavy atom. The smallest absolute Gasteiger partial charge is 0.410 e. The molecule has 1 amide bonds. The third-order valence-electron chi connectivity index (χ3n) is 2.42. The van der Waals surface area contributed by atoms with Crippen LogP contribution < -0.4 is 5.32 Å². The van der Waals surface area contributed by atoms with Crippen LogP contribution in [-0.2, 0) is 4.74 Å². The largest absolute Gasteiger partial charge is 0.444 e. The van der Waals surface area contributed by atoms with E-state index in [9.17, 15) is 4.79 Å². The number of rotatable bonds is 6. The number of amides is 1. The SMILES string of the molecule is CSCCNCCN(C(=O)OC(C)(C)C)C(C)(C)C. The molecule has 114 valence electrons. The van der Waals surface area contributed by atoms with Gasteiger partial charge in [-0.25, -0.2) is 4.79 Å². The molecule has 0 aliphatic carbocycles. The topological polar surface area (TPSA) is 41.6 Å². The highest BCUT2D eigenvalue weighted by Gasteiger charge is 2.29. The Bertz CT molecular complexity index is 270. The molecule has 0 radical (unpaired) electrons. The third kappa shape index (κ3) is 9.16. The van der Waals surface area contributed by atoms with Crippen LogP contribution >= 0.6 is 11.8 Å². The summed E-state index contributed by atoms with van der Waals surface area (Å²) in [7, 11) is 0. The van der Waals surface area contributed by atoms with E-state index in [0.29, 0.717) is 6.54 Å². The molecule has 0 fully saturated rings. The van der Waals surface area contributed by atoms with Gasteiger partial charge in [0.05, 0.1) is 0 Å². The Morgan fingerprint density at radius 1 is 1.16 bits per heavy atom. The van der Waals surface area contributed by atoms with Crippen molar-refractivity contribution in [1.82, 2.24) is 10.2 Å². The van der Waals surface area contributed by atoms with Crippen LogP contribution in [0, 0.1) is 0 Å². The van der Waals surface area contributed by atoms with Crippen molar-refractivity contribution in [1.29, 1.82) is 0 Å². The Hall–Kier alpha value is -0.420. The molecule has 0 heterocycles. The van der Waals surface area contributed by atoms with Crippen molar-refractivity contribution < 1.29 is 9.53 Å². The van der Waals surface area contributed by atoms with Gasteiger partial charge in [0.1, 0.15) is 5.60 Å². The molecule has 0 aromatic rings. The standard InChI is InChI=1S/C14H30N2O2S/c1-13(2,3)16(10-8-15-9-11-19-7)12(17)18-14(4,5)6/h15H,8-11H2,1-7H3. The summed E-state index contributed by atoms with van der Waals surface area (Å²) in [6.45, 7) is 14.2. The fourth-order valence-electron chi connectivity index (χ4n) is 1.51. The predicted octanol–water partition coefficient (Wildman–Crippen LogP) is 2.97. The van der Waals surface area contributed by atoms with Crippen LogP contribution in [0.25, 0.3) is 0 Å². The first-order valence-electron chi connectivity index (χ1n) is 6.78. The highest BCUT2D eigenvalue weighted by molar-refractivity contribution is 7.98. The maximum Gasteiger partial charge on any atom is 0.410 e. The van der Waals surface area contributed by atoms with Crippen LogP contribution in [0.15, 0.2) is 0 Å². The normalized spacial score (nSPS) is 12.4. The van der Waals surface area contributed by atoms with Crippen molar-refractivity contribution in [3.05, 3.63) is 0 Å². The summed E-state index contributed by atoms with van der Waals surface area (Å²) in [5.41, 5.74) is -0.684. The number of hydrogen-bond donors (Lipinski definition) is 1. The minimum Gasteiger partial charge on any atom is -0.444 e. The van der Waals surface area contributed by atoms with E-state index in [-0.39, 0.29) is 11.6 Å². The first-order valence-corrected chi connectivity index (χ1v) is 8.17. The van der Waals surface area contributed by atoms with E-state index in [1.165, 1.54) is 0 Å². The summed E-state index contributed by atoms with van der Waals surface area (Å²) in [5, 5.41) is 3.34. The minimum atomic E-state index is -0.452. The van der Waals surface area contributed by atoms with Gasteiger partial charge >= 0.3 is 6.09 Å². The van der Waals surface area contributed by atoms with E-state index in [1.807, 2.05) is 53.3 Å². The molecular formula is C14H30N2O2S. The lowest BCUT2D eigenvalue weighted by atomic mass is 10.1. The van der Waals surface area contributed by atoms with Gasteiger partial charge in [0.25, 0.3) is 0 Å². The zero-order valence-corrected chi connectivity index (χ0v) is 14.3. The molecule has 0 rings (SSSR count). The van der Waals surface area contributed by atoms with Gasteiger partial charge < -0.3 is 15.0 Å². The fraction of sp³-hybridized carbons (Fsp3) is 0.929. The molecule has 0 unspecified atom stereocenters. The van der Waals surface area contributed by atoms with Gasteiger partial charge in [-0.2, -0.15) is 11.8 Å². The van der Waals surface area contributed by atoms with Gasteiger partial charge in [-0.05, 0) is 47.8 Å².